The van der Waals surface area contributed by atoms with Crippen molar-refractivity contribution in [2.45, 2.75) is 13.5 Å². The van der Waals surface area contributed by atoms with Crippen LogP contribution in [0, 0.1) is 0 Å². The van der Waals surface area contributed by atoms with E-state index in [2.05, 4.69) is 35.6 Å². The molecule has 0 atom stereocenters. The van der Waals surface area contributed by atoms with Crippen LogP contribution in [-0.4, -0.2) is 5.78 Å². The summed E-state index contributed by atoms with van der Waals surface area (Å²) in [6, 6.07) is 22.4. The highest BCUT2D eigenvalue weighted by atomic mass is 16.1. The quantitative estimate of drug-likeness (QED) is 0.702. The third-order valence-electron chi connectivity index (χ3n) is 3.59. The van der Waals surface area contributed by atoms with Gasteiger partial charge in [0.25, 0.3) is 0 Å². The molecule has 2 nitrogen and oxygen atoms in total. The number of nitrogens with one attached hydrogen (secondary N) is 1. The van der Waals surface area contributed by atoms with E-state index in [0.29, 0.717) is 0 Å². The van der Waals surface area contributed by atoms with Crippen LogP contribution in [0.5, 0.6) is 0 Å². The van der Waals surface area contributed by atoms with Crippen LogP contribution < -0.4 is 5.32 Å². The van der Waals surface area contributed by atoms with Gasteiger partial charge in [0.1, 0.15) is 0 Å². The maximum absolute atomic E-state index is 11.4. The van der Waals surface area contributed by atoms with Crippen LogP contribution in [0.15, 0.2) is 66.7 Å². The Morgan fingerprint density at radius 1 is 0.905 bits per heavy atom. The number of Topliss-reactive ketones (excluding diaryl/α,β-unsaturated/α-hetero) is 1. The van der Waals surface area contributed by atoms with Gasteiger partial charge in [-0.25, -0.2) is 0 Å². The number of carbonyl (C=O) groups excluding carboxylic acids is 1. The number of fused-ring (bicyclic) bond motifs is 1. The topological polar surface area (TPSA) is 29.1 Å². The molecule has 3 rings (SSSR count). The summed E-state index contributed by atoms with van der Waals surface area (Å²) in [5, 5.41) is 5.65. The molecule has 104 valence electrons. The van der Waals surface area contributed by atoms with Gasteiger partial charge >= 0.3 is 0 Å². The summed E-state index contributed by atoms with van der Waals surface area (Å²) in [6.45, 7) is 2.40. The van der Waals surface area contributed by atoms with Gasteiger partial charge in [-0.2, -0.15) is 0 Å². The fourth-order valence-electron chi connectivity index (χ4n) is 2.37. The Kier molecular flexibility index (Phi) is 3.69. The second-order valence-corrected chi connectivity index (χ2v) is 5.17. The van der Waals surface area contributed by atoms with E-state index < -0.39 is 0 Å². The van der Waals surface area contributed by atoms with Crippen LogP contribution in [0.2, 0.25) is 0 Å². The predicted octanol–water partition coefficient (Wildman–Crippen LogP) is 4.65. The first kappa shape index (κ1) is 13.4. The number of hydrogen-bond acceptors (Lipinski definition) is 2. The van der Waals surface area contributed by atoms with E-state index in [1.165, 1.54) is 5.56 Å². The first-order valence-corrected chi connectivity index (χ1v) is 7.05. The Labute approximate surface area is 124 Å². The van der Waals surface area contributed by atoms with Crippen LogP contribution in [0.3, 0.4) is 0 Å². The maximum atomic E-state index is 11.4. The number of rotatable bonds is 4. The van der Waals surface area contributed by atoms with Crippen molar-refractivity contribution in [2.75, 3.05) is 5.32 Å². The van der Waals surface area contributed by atoms with Crippen molar-refractivity contribution in [3.63, 3.8) is 0 Å². The van der Waals surface area contributed by atoms with Crippen molar-refractivity contribution < 1.29 is 4.79 Å². The summed E-state index contributed by atoms with van der Waals surface area (Å²) >= 11 is 0. The third-order valence-corrected chi connectivity index (χ3v) is 3.59. The van der Waals surface area contributed by atoms with Gasteiger partial charge in [0.05, 0.1) is 0 Å². The minimum Gasteiger partial charge on any atom is -0.381 e. The van der Waals surface area contributed by atoms with Gasteiger partial charge in [-0.3, -0.25) is 4.79 Å². The summed E-state index contributed by atoms with van der Waals surface area (Å²) in [6.07, 6.45) is 0. The van der Waals surface area contributed by atoms with E-state index in [-0.39, 0.29) is 5.78 Å². The highest BCUT2D eigenvalue weighted by Gasteiger charge is 2.02. The van der Waals surface area contributed by atoms with Crippen molar-refractivity contribution in [2.24, 2.45) is 0 Å². The summed E-state index contributed by atoms with van der Waals surface area (Å²) in [4.78, 5) is 11.4. The summed E-state index contributed by atoms with van der Waals surface area (Å²) < 4.78 is 0. The molecule has 21 heavy (non-hydrogen) atoms. The smallest absolute Gasteiger partial charge is 0.159 e. The average molecular weight is 275 g/mol. The first-order chi connectivity index (χ1) is 10.2. The second-order valence-electron chi connectivity index (χ2n) is 5.17. The standard InChI is InChI=1S/C19H17NO/c1-14(21)16-7-8-18-12-19(10-9-17(18)11-16)20-13-15-5-3-2-4-6-15/h2-12,20H,13H2,1H3. The molecule has 0 unspecified atom stereocenters. The lowest BCUT2D eigenvalue weighted by molar-refractivity contribution is 0.101. The molecule has 0 spiro atoms. The molecule has 0 aromatic heterocycles. The molecule has 3 aromatic carbocycles. The van der Waals surface area contributed by atoms with Crippen LogP contribution in [-0.2, 0) is 6.54 Å². The summed E-state index contributed by atoms with van der Waals surface area (Å²) in [7, 11) is 0. The van der Waals surface area contributed by atoms with Crippen LogP contribution in [0.25, 0.3) is 10.8 Å². The molecule has 0 aliphatic heterocycles. The predicted molar refractivity (Wildman–Crippen MR) is 87.7 cm³/mol. The minimum atomic E-state index is 0.100. The zero-order valence-electron chi connectivity index (χ0n) is 12.0. The zero-order valence-corrected chi connectivity index (χ0v) is 12.0. The Morgan fingerprint density at radius 3 is 2.38 bits per heavy atom. The Bertz CT molecular complexity index is 778. The molecule has 0 amide bonds. The van der Waals surface area contributed by atoms with Crippen molar-refractivity contribution in [3.05, 3.63) is 77.9 Å². The fourth-order valence-corrected chi connectivity index (χ4v) is 2.37. The van der Waals surface area contributed by atoms with Gasteiger partial charge in [-0.05, 0) is 41.5 Å². The third kappa shape index (κ3) is 3.11. The van der Waals surface area contributed by atoms with Crippen molar-refractivity contribution in [3.8, 4) is 0 Å². The van der Waals surface area contributed by atoms with Crippen molar-refractivity contribution in [1.29, 1.82) is 0 Å². The normalized spacial score (nSPS) is 10.5. The number of hydrogen-bond donors (Lipinski definition) is 1. The number of ketones is 1. The highest BCUT2D eigenvalue weighted by molar-refractivity contribution is 5.99. The first-order valence-electron chi connectivity index (χ1n) is 7.05. The lowest BCUT2D eigenvalue weighted by Crippen LogP contribution is -1.99. The van der Waals surface area contributed by atoms with Crippen molar-refractivity contribution in [1.82, 2.24) is 0 Å². The fraction of sp³-hybridized carbons (Fsp3) is 0.105. The Hall–Kier alpha value is -2.61. The number of anilines is 1. The monoisotopic (exact) mass is 275 g/mol. The Morgan fingerprint density at radius 2 is 1.62 bits per heavy atom. The van der Waals surface area contributed by atoms with E-state index in [1.54, 1.807) is 6.92 Å². The number of benzene rings is 3. The summed E-state index contributed by atoms with van der Waals surface area (Å²) in [5.74, 6) is 0.100. The van der Waals surface area contributed by atoms with Crippen LogP contribution in [0.1, 0.15) is 22.8 Å². The van der Waals surface area contributed by atoms with Gasteiger partial charge in [-0.15, -0.1) is 0 Å². The molecule has 0 fully saturated rings. The maximum Gasteiger partial charge on any atom is 0.159 e. The van der Waals surface area contributed by atoms with E-state index >= 15 is 0 Å². The van der Waals surface area contributed by atoms with Gasteiger partial charge < -0.3 is 5.32 Å². The molecule has 0 bridgehead atoms. The lowest BCUT2D eigenvalue weighted by atomic mass is 10.0. The lowest BCUT2D eigenvalue weighted by Gasteiger charge is -2.08. The molecule has 0 aliphatic rings. The molecular weight excluding hydrogens is 258 g/mol. The highest BCUT2D eigenvalue weighted by Crippen LogP contribution is 2.21. The molecule has 0 radical (unpaired) electrons. The van der Waals surface area contributed by atoms with Gasteiger partial charge in [0.2, 0.25) is 0 Å². The van der Waals surface area contributed by atoms with E-state index in [1.807, 2.05) is 36.4 Å². The Balaban J connectivity index is 1.81. The second kappa shape index (κ2) is 5.80. The SMILES string of the molecule is CC(=O)c1ccc2cc(NCc3ccccc3)ccc2c1. The largest absolute Gasteiger partial charge is 0.381 e. The van der Waals surface area contributed by atoms with E-state index in [4.69, 9.17) is 0 Å². The van der Waals surface area contributed by atoms with Crippen molar-refractivity contribution >= 4 is 22.2 Å². The molecule has 1 N–H and O–H groups in total. The summed E-state index contributed by atoms with van der Waals surface area (Å²) in [5.41, 5.74) is 3.10. The van der Waals surface area contributed by atoms with E-state index in [9.17, 15) is 4.79 Å². The van der Waals surface area contributed by atoms with E-state index in [0.717, 1.165) is 28.6 Å². The molecule has 2 heteroatoms. The molecule has 0 heterocycles. The van der Waals surface area contributed by atoms with Gasteiger partial charge in [0, 0.05) is 17.8 Å². The zero-order chi connectivity index (χ0) is 14.7. The number of carbonyl (C=O) groups is 1. The molecule has 0 saturated heterocycles. The molecular formula is C19H17NO. The average Bonchev–Trinajstić information content (AvgIpc) is 2.53. The van der Waals surface area contributed by atoms with Gasteiger partial charge in [0.15, 0.2) is 5.78 Å². The minimum absolute atomic E-state index is 0.100. The van der Waals surface area contributed by atoms with Gasteiger partial charge in [-0.1, -0.05) is 48.5 Å². The molecule has 0 aliphatic carbocycles. The van der Waals surface area contributed by atoms with Crippen LogP contribution in [0.4, 0.5) is 5.69 Å². The molecule has 3 aromatic rings. The molecule has 0 saturated carbocycles. The van der Waals surface area contributed by atoms with Crippen LogP contribution >= 0.6 is 0 Å².